The lowest BCUT2D eigenvalue weighted by molar-refractivity contribution is 0.866. The summed E-state index contributed by atoms with van der Waals surface area (Å²) < 4.78 is 2.11. The van der Waals surface area contributed by atoms with Gasteiger partial charge >= 0.3 is 0 Å². The number of aryl methyl sites for hydroxylation is 1. The van der Waals surface area contributed by atoms with Gasteiger partial charge < -0.3 is 9.47 Å². The largest absolute Gasteiger partial charge is 0.372 e. The Kier molecular flexibility index (Phi) is 3.60. The topological polar surface area (TPSA) is 34.0 Å². The summed E-state index contributed by atoms with van der Waals surface area (Å²) in [5.74, 6) is 0.976. The lowest BCUT2D eigenvalue weighted by atomic mass is 10.2. The van der Waals surface area contributed by atoms with Crippen LogP contribution in [0.5, 0.6) is 0 Å². The van der Waals surface area contributed by atoms with Crippen LogP contribution in [0.4, 0.5) is 5.69 Å². The first-order valence-corrected chi connectivity index (χ1v) is 7.36. The summed E-state index contributed by atoms with van der Waals surface area (Å²) in [6.45, 7) is 6.40. The predicted molar refractivity (Wildman–Crippen MR) is 87.5 cm³/mol. The molecule has 0 bridgehead atoms. The third-order valence-corrected chi connectivity index (χ3v) is 3.94. The summed E-state index contributed by atoms with van der Waals surface area (Å²) in [7, 11) is 2.04. The van der Waals surface area contributed by atoms with Crippen molar-refractivity contribution < 1.29 is 0 Å². The first-order valence-electron chi connectivity index (χ1n) is 7.36. The smallest absolute Gasteiger partial charge is 0.140 e. The molecule has 21 heavy (non-hydrogen) atoms. The van der Waals surface area contributed by atoms with Crippen LogP contribution < -0.4 is 4.90 Å². The molecular formula is C17H20N4. The van der Waals surface area contributed by atoms with Gasteiger partial charge in [0, 0.05) is 37.6 Å². The zero-order valence-electron chi connectivity index (χ0n) is 12.7. The first kappa shape index (κ1) is 13.6. The minimum atomic E-state index is 0.933. The second kappa shape index (κ2) is 5.56. The Hall–Kier alpha value is -2.36. The molecule has 2 heterocycles. The second-order valence-corrected chi connectivity index (χ2v) is 5.08. The average Bonchev–Trinajstić information content (AvgIpc) is 2.87. The van der Waals surface area contributed by atoms with Crippen molar-refractivity contribution in [2.45, 2.75) is 13.8 Å². The third kappa shape index (κ3) is 2.37. The van der Waals surface area contributed by atoms with Crippen LogP contribution in [0.25, 0.3) is 22.4 Å². The molecule has 0 aliphatic heterocycles. The van der Waals surface area contributed by atoms with Gasteiger partial charge in [0.15, 0.2) is 0 Å². The van der Waals surface area contributed by atoms with Crippen molar-refractivity contribution in [1.82, 2.24) is 14.5 Å². The molecule has 2 aromatic heterocycles. The number of hydrogen-bond donors (Lipinski definition) is 0. The third-order valence-electron chi connectivity index (χ3n) is 3.94. The molecule has 0 N–H and O–H groups in total. The van der Waals surface area contributed by atoms with Crippen LogP contribution in [-0.4, -0.2) is 27.6 Å². The lowest BCUT2D eigenvalue weighted by Crippen LogP contribution is -2.21. The van der Waals surface area contributed by atoms with Crippen molar-refractivity contribution in [1.29, 1.82) is 0 Å². The fourth-order valence-electron chi connectivity index (χ4n) is 2.72. The molecule has 3 rings (SSSR count). The van der Waals surface area contributed by atoms with Crippen molar-refractivity contribution in [3.05, 3.63) is 42.7 Å². The van der Waals surface area contributed by atoms with E-state index in [2.05, 4.69) is 57.5 Å². The second-order valence-electron chi connectivity index (χ2n) is 5.08. The van der Waals surface area contributed by atoms with Gasteiger partial charge in [-0.3, -0.25) is 4.98 Å². The standard InChI is InChI=1S/C17H20N4/c1-4-21(5-2)14-8-6-13(7-9-14)17-19-15-12-18-11-10-16(15)20(17)3/h6-12H,4-5H2,1-3H3. The van der Waals surface area contributed by atoms with Gasteiger partial charge in [-0.25, -0.2) is 4.98 Å². The maximum atomic E-state index is 4.68. The van der Waals surface area contributed by atoms with Crippen molar-refractivity contribution in [3.63, 3.8) is 0 Å². The van der Waals surface area contributed by atoms with Crippen molar-refractivity contribution in [2.75, 3.05) is 18.0 Å². The first-order chi connectivity index (χ1) is 10.2. The highest BCUT2D eigenvalue weighted by atomic mass is 15.1. The highest BCUT2D eigenvalue weighted by molar-refractivity contribution is 5.79. The molecule has 0 saturated heterocycles. The molecule has 0 unspecified atom stereocenters. The van der Waals surface area contributed by atoms with Crippen molar-refractivity contribution >= 4 is 16.7 Å². The molecule has 4 nitrogen and oxygen atoms in total. The fraction of sp³-hybridized carbons (Fsp3) is 0.294. The number of rotatable bonds is 4. The summed E-state index contributed by atoms with van der Waals surface area (Å²) >= 11 is 0. The van der Waals surface area contributed by atoms with E-state index in [1.54, 1.807) is 6.20 Å². The minimum absolute atomic E-state index is 0.933. The van der Waals surface area contributed by atoms with E-state index < -0.39 is 0 Å². The number of benzene rings is 1. The van der Waals surface area contributed by atoms with Crippen LogP contribution >= 0.6 is 0 Å². The van der Waals surface area contributed by atoms with Gasteiger partial charge in [-0.05, 0) is 44.2 Å². The number of imidazole rings is 1. The van der Waals surface area contributed by atoms with Gasteiger partial charge in [-0.15, -0.1) is 0 Å². The van der Waals surface area contributed by atoms with Crippen LogP contribution in [-0.2, 0) is 7.05 Å². The molecule has 0 fully saturated rings. The Labute approximate surface area is 125 Å². The van der Waals surface area contributed by atoms with Gasteiger partial charge in [0.2, 0.25) is 0 Å². The van der Waals surface area contributed by atoms with Crippen molar-refractivity contribution in [2.24, 2.45) is 7.05 Å². The van der Waals surface area contributed by atoms with E-state index in [1.807, 2.05) is 19.3 Å². The highest BCUT2D eigenvalue weighted by Crippen LogP contribution is 2.25. The molecule has 0 atom stereocenters. The number of nitrogens with zero attached hydrogens (tertiary/aromatic N) is 4. The van der Waals surface area contributed by atoms with E-state index >= 15 is 0 Å². The maximum Gasteiger partial charge on any atom is 0.140 e. The number of pyridine rings is 1. The average molecular weight is 280 g/mol. The molecule has 4 heteroatoms. The molecular weight excluding hydrogens is 260 g/mol. The molecule has 0 radical (unpaired) electrons. The Bertz CT molecular complexity index is 739. The van der Waals surface area contributed by atoms with E-state index in [0.29, 0.717) is 0 Å². The minimum Gasteiger partial charge on any atom is -0.372 e. The number of anilines is 1. The van der Waals surface area contributed by atoms with Gasteiger partial charge in [-0.1, -0.05) is 0 Å². The summed E-state index contributed by atoms with van der Waals surface area (Å²) in [4.78, 5) is 11.2. The summed E-state index contributed by atoms with van der Waals surface area (Å²) in [6, 6.07) is 10.6. The van der Waals surface area contributed by atoms with E-state index in [-0.39, 0.29) is 0 Å². The van der Waals surface area contributed by atoms with E-state index in [9.17, 15) is 0 Å². The number of hydrogen-bond acceptors (Lipinski definition) is 3. The molecule has 1 aromatic carbocycles. The summed E-state index contributed by atoms with van der Waals surface area (Å²) in [5, 5.41) is 0. The molecule has 0 saturated carbocycles. The Morgan fingerprint density at radius 2 is 1.76 bits per heavy atom. The van der Waals surface area contributed by atoms with Gasteiger partial charge in [0.25, 0.3) is 0 Å². The normalized spacial score (nSPS) is 11.0. The predicted octanol–water partition coefficient (Wildman–Crippen LogP) is 3.48. The van der Waals surface area contributed by atoms with Crippen LogP contribution in [0.3, 0.4) is 0 Å². The fourth-order valence-corrected chi connectivity index (χ4v) is 2.72. The van der Waals surface area contributed by atoms with E-state index in [1.165, 1.54) is 5.69 Å². The maximum absolute atomic E-state index is 4.68. The number of fused-ring (bicyclic) bond motifs is 1. The Balaban J connectivity index is 2.01. The molecule has 3 aromatic rings. The molecule has 0 amide bonds. The van der Waals surface area contributed by atoms with E-state index in [0.717, 1.165) is 35.5 Å². The zero-order valence-corrected chi connectivity index (χ0v) is 12.7. The highest BCUT2D eigenvalue weighted by Gasteiger charge is 2.10. The molecule has 0 spiro atoms. The SMILES string of the molecule is CCN(CC)c1ccc(-c2nc3cnccc3n2C)cc1. The monoisotopic (exact) mass is 280 g/mol. The van der Waals surface area contributed by atoms with Crippen LogP contribution in [0.2, 0.25) is 0 Å². The van der Waals surface area contributed by atoms with Crippen LogP contribution in [0.1, 0.15) is 13.8 Å². The Morgan fingerprint density at radius 3 is 2.38 bits per heavy atom. The van der Waals surface area contributed by atoms with Crippen LogP contribution in [0, 0.1) is 0 Å². The number of aromatic nitrogens is 3. The van der Waals surface area contributed by atoms with Gasteiger partial charge in [0.05, 0.1) is 11.7 Å². The van der Waals surface area contributed by atoms with Crippen molar-refractivity contribution in [3.8, 4) is 11.4 Å². The van der Waals surface area contributed by atoms with E-state index in [4.69, 9.17) is 0 Å². The summed E-state index contributed by atoms with van der Waals surface area (Å²) in [5.41, 5.74) is 4.42. The van der Waals surface area contributed by atoms with Gasteiger partial charge in [0.1, 0.15) is 11.3 Å². The molecule has 0 aliphatic rings. The van der Waals surface area contributed by atoms with Gasteiger partial charge in [-0.2, -0.15) is 0 Å². The zero-order chi connectivity index (χ0) is 14.8. The van der Waals surface area contributed by atoms with Crippen LogP contribution in [0.15, 0.2) is 42.7 Å². The Morgan fingerprint density at radius 1 is 1.05 bits per heavy atom. The molecule has 0 aliphatic carbocycles. The molecule has 108 valence electrons. The quantitative estimate of drug-likeness (QED) is 0.733. The lowest BCUT2D eigenvalue weighted by Gasteiger charge is -2.21. The summed E-state index contributed by atoms with van der Waals surface area (Å²) in [6.07, 6.45) is 3.61.